The molecule has 4 unspecified atom stereocenters. The highest BCUT2D eigenvalue weighted by Crippen LogP contribution is 2.46. The van der Waals surface area contributed by atoms with Crippen LogP contribution in [0.2, 0.25) is 0 Å². The Morgan fingerprint density at radius 1 is 1.29 bits per heavy atom. The minimum absolute atomic E-state index is 0.102. The van der Waals surface area contributed by atoms with E-state index in [9.17, 15) is 5.11 Å². The summed E-state index contributed by atoms with van der Waals surface area (Å²) in [6, 6.07) is 0. The maximum Gasteiger partial charge on any atom is 0.166 e. The SMILES string of the molecule is CCC1(C)OC2CCC(O)(CC)C2O1. The van der Waals surface area contributed by atoms with Crippen molar-refractivity contribution >= 4 is 0 Å². The summed E-state index contributed by atoms with van der Waals surface area (Å²) in [4.78, 5) is 0. The van der Waals surface area contributed by atoms with Gasteiger partial charge in [0.1, 0.15) is 6.10 Å². The second-order valence-corrected chi connectivity index (χ2v) is 4.68. The molecule has 0 radical (unpaired) electrons. The molecule has 1 heterocycles. The van der Waals surface area contributed by atoms with Crippen molar-refractivity contribution in [3.63, 3.8) is 0 Å². The van der Waals surface area contributed by atoms with E-state index in [2.05, 4.69) is 0 Å². The first-order chi connectivity index (χ1) is 6.53. The molecular weight excluding hydrogens is 180 g/mol. The van der Waals surface area contributed by atoms with E-state index in [1.807, 2.05) is 20.8 Å². The van der Waals surface area contributed by atoms with Crippen molar-refractivity contribution in [2.45, 2.75) is 70.1 Å². The Labute approximate surface area is 85.4 Å². The van der Waals surface area contributed by atoms with Gasteiger partial charge in [-0.15, -0.1) is 0 Å². The molecule has 0 bridgehead atoms. The smallest absolute Gasteiger partial charge is 0.166 e. The summed E-state index contributed by atoms with van der Waals surface area (Å²) in [5.41, 5.74) is -0.655. The van der Waals surface area contributed by atoms with Gasteiger partial charge in [-0.05, 0) is 32.6 Å². The summed E-state index contributed by atoms with van der Waals surface area (Å²) in [6.07, 6.45) is 3.29. The number of hydrogen-bond donors (Lipinski definition) is 1. The minimum atomic E-state index is -0.655. The molecule has 1 aliphatic carbocycles. The van der Waals surface area contributed by atoms with Gasteiger partial charge in [0.2, 0.25) is 0 Å². The first kappa shape index (κ1) is 10.4. The number of fused-ring (bicyclic) bond motifs is 1. The molecule has 3 heteroatoms. The van der Waals surface area contributed by atoms with E-state index in [0.29, 0.717) is 0 Å². The van der Waals surface area contributed by atoms with E-state index in [0.717, 1.165) is 25.7 Å². The van der Waals surface area contributed by atoms with Gasteiger partial charge in [0.15, 0.2) is 5.79 Å². The van der Waals surface area contributed by atoms with Gasteiger partial charge in [0, 0.05) is 0 Å². The third-order valence-corrected chi connectivity index (χ3v) is 3.76. The number of ether oxygens (including phenoxy) is 2. The van der Waals surface area contributed by atoms with Crippen LogP contribution in [0.15, 0.2) is 0 Å². The standard InChI is InChI=1S/C11H20O3/c1-4-10(3)13-8-6-7-11(12,5-2)9(8)14-10/h8-9,12H,4-7H2,1-3H3. The molecule has 1 aliphatic heterocycles. The lowest BCUT2D eigenvalue weighted by Crippen LogP contribution is -2.41. The maximum atomic E-state index is 10.3. The van der Waals surface area contributed by atoms with E-state index in [1.54, 1.807) is 0 Å². The zero-order valence-corrected chi connectivity index (χ0v) is 9.25. The van der Waals surface area contributed by atoms with Gasteiger partial charge in [-0.25, -0.2) is 0 Å². The predicted octanol–water partition coefficient (Wildman–Crippen LogP) is 1.83. The second kappa shape index (κ2) is 3.19. The highest BCUT2D eigenvalue weighted by Gasteiger charge is 2.56. The highest BCUT2D eigenvalue weighted by molar-refractivity contribution is 5.03. The predicted molar refractivity (Wildman–Crippen MR) is 52.9 cm³/mol. The van der Waals surface area contributed by atoms with Gasteiger partial charge in [-0.2, -0.15) is 0 Å². The molecule has 4 atom stereocenters. The van der Waals surface area contributed by atoms with Crippen molar-refractivity contribution in [2.75, 3.05) is 0 Å². The van der Waals surface area contributed by atoms with Crippen LogP contribution in [0.25, 0.3) is 0 Å². The summed E-state index contributed by atoms with van der Waals surface area (Å²) < 4.78 is 11.7. The average molecular weight is 200 g/mol. The fourth-order valence-corrected chi connectivity index (χ4v) is 2.50. The molecule has 82 valence electrons. The monoisotopic (exact) mass is 200 g/mol. The zero-order valence-electron chi connectivity index (χ0n) is 9.25. The largest absolute Gasteiger partial charge is 0.387 e. The van der Waals surface area contributed by atoms with Crippen molar-refractivity contribution in [2.24, 2.45) is 0 Å². The van der Waals surface area contributed by atoms with Crippen molar-refractivity contribution in [3.8, 4) is 0 Å². The second-order valence-electron chi connectivity index (χ2n) is 4.68. The summed E-state index contributed by atoms with van der Waals surface area (Å²) in [5.74, 6) is -0.473. The Balaban J connectivity index is 2.14. The van der Waals surface area contributed by atoms with Gasteiger partial charge in [0.05, 0.1) is 11.7 Å². The molecule has 0 aromatic heterocycles. The summed E-state index contributed by atoms with van der Waals surface area (Å²) in [5, 5.41) is 10.3. The molecule has 1 saturated carbocycles. The quantitative estimate of drug-likeness (QED) is 0.739. The number of rotatable bonds is 2. The Hall–Kier alpha value is -0.120. The molecule has 0 aromatic carbocycles. The highest BCUT2D eigenvalue weighted by atomic mass is 16.8. The van der Waals surface area contributed by atoms with Crippen LogP contribution in [0.4, 0.5) is 0 Å². The van der Waals surface area contributed by atoms with Crippen LogP contribution >= 0.6 is 0 Å². The Morgan fingerprint density at radius 3 is 2.57 bits per heavy atom. The molecule has 0 spiro atoms. The van der Waals surface area contributed by atoms with E-state index >= 15 is 0 Å². The first-order valence-corrected chi connectivity index (χ1v) is 5.61. The van der Waals surface area contributed by atoms with Crippen LogP contribution in [-0.2, 0) is 9.47 Å². The molecule has 2 aliphatic rings. The van der Waals surface area contributed by atoms with E-state index in [4.69, 9.17) is 9.47 Å². The fraction of sp³-hybridized carbons (Fsp3) is 1.00. The molecule has 3 nitrogen and oxygen atoms in total. The van der Waals surface area contributed by atoms with Crippen LogP contribution in [0.3, 0.4) is 0 Å². The lowest BCUT2D eigenvalue weighted by atomic mass is 9.96. The third kappa shape index (κ3) is 1.38. The van der Waals surface area contributed by atoms with Crippen LogP contribution in [0, 0.1) is 0 Å². The molecule has 2 fully saturated rings. The van der Waals surface area contributed by atoms with Gasteiger partial charge < -0.3 is 14.6 Å². The molecule has 1 N–H and O–H groups in total. The Kier molecular flexibility index (Phi) is 2.37. The summed E-state index contributed by atoms with van der Waals surface area (Å²) >= 11 is 0. The van der Waals surface area contributed by atoms with Crippen LogP contribution in [0.1, 0.15) is 46.5 Å². The first-order valence-electron chi connectivity index (χ1n) is 5.61. The van der Waals surface area contributed by atoms with Gasteiger partial charge >= 0.3 is 0 Å². The molecule has 0 aromatic rings. The van der Waals surface area contributed by atoms with Crippen molar-refractivity contribution in [1.82, 2.24) is 0 Å². The van der Waals surface area contributed by atoms with Gasteiger partial charge in [0.25, 0.3) is 0 Å². The molecule has 14 heavy (non-hydrogen) atoms. The van der Waals surface area contributed by atoms with Crippen molar-refractivity contribution in [1.29, 1.82) is 0 Å². The van der Waals surface area contributed by atoms with Crippen LogP contribution < -0.4 is 0 Å². The molecule has 2 rings (SSSR count). The number of hydrogen-bond acceptors (Lipinski definition) is 3. The van der Waals surface area contributed by atoms with E-state index in [1.165, 1.54) is 0 Å². The third-order valence-electron chi connectivity index (χ3n) is 3.76. The fourth-order valence-electron chi connectivity index (χ4n) is 2.50. The normalized spacial score (nSPS) is 52.3. The average Bonchev–Trinajstić information content (AvgIpc) is 2.66. The minimum Gasteiger partial charge on any atom is -0.387 e. The van der Waals surface area contributed by atoms with E-state index in [-0.39, 0.29) is 12.2 Å². The van der Waals surface area contributed by atoms with Crippen molar-refractivity contribution < 1.29 is 14.6 Å². The molecule has 1 saturated heterocycles. The lowest BCUT2D eigenvalue weighted by Gasteiger charge is -2.29. The zero-order chi connectivity index (χ0) is 10.4. The molecular formula is C11H20O3. The van der Waals surface area contributed by atoms with Gasteiger partial charge in [-0.1, -0.05) is 13.8 Å². The Morgan fingerprint density at radius 2 is 2.00 bits per heavy atom. The summed E-state index contributed by atoms with van der Waals surface area (Å²) in [7, 11) is 0. The van der Waals surface area contributed by atoms with Crippen LogP contribution in [-0.4, -0.2) is 28.7 Å². The maximum absolute atomic E-state index is 10.3. The van der Waals surface area contributed by atoms with E-state index < -0.39 is 11.4 Å². The Bertz CT molecular complexity index is 231. The summed E-state index contributed by atoms with van der Waals surface area (Å²) in [6.45, 7) is 6.01. The van der Waals surface area contributed by atoms with Gasteiger partial charge in [-0.3, -0.25) is 0 Å². The lowest BCUT2D eigenvalue weighted by molar-refractivity contribution is -0.191. The topological polar surface area (TPSA) is 38.7 Å². The molecule has 0 amide bonds. The van der Waals surface area contributed by atoms with Crippen LogP contribution in [0.5, 0.6) is 0 Å². The van der Waals surface area contributed by atoms with Crippen molar-refractivity contribution in [3.05, 3.63) is 0 Å². The number of aliphatic hydroxyl groups is 1.